The Labute approximate surface area is 183 Å². The molecule has 1 unspecified atom stereocenters. The van der Waals surface area contributed by atoms with Crippen LogP contribution >= 0.6 is 0 Å². The molecular weight excluding hydrogens is 395 g/mol. The van der Waals surface area contributed by atoms with Gasteiger partial charge < -0.3 is 14.5 Å². The second-order valence-electron chi connectivity index (χ2n) is 8.55. The second kappa shape index (κ2) is 10.9. The molecule has 1 atom stereocenters. The molecule has 3 rings (SSSR count). The molecule has 0 bridgehead atoms. The van der Waals surface area contributed by atoms with Gasteiger partial charge in [0.25, 0.3) is 0 Å². The van der Waals surface area contributed by atoms with Gasteiger partial charge in [0, 0.05) is 24.8 Å². The quantitative estimate of drug-likeness (QED) is 0.542. The van der Waals surface area contributed by atoms with Gasteiger partial charge in [-0.3, -0.25) is 4.79 Å². The summed E-state index contributed by atoms with van der Waals surface area (Å²) in [6, 6.07) is 15.7. The molecule has 6 heteroatoms. The number of anilines is 1. The number of rotatable bonds is 8. The molecule has 1 saturated heterocycles. The van der Waals surface area contributed by atoms with Crippen molar-refractivity contribution in [2.45, 2.75) is 45.8 Å². The minimum Gasteiger partial charge on any atom is -0.445 e. The molecular formula is C25H31FN2O3. The fourth-order valence-corrected chi connectivity index (χ4v) is 4.24. The standard InChI is InChI=1S/C25H31FN2O3/c1-19(2)16-24(28(18-29)23-10-8-22(26)9-11-23)21-12-14-27(15-13-21)25(30)31-17-20-6-4-3-5-7-20/h3-11,18-19,21,24H,12-17H2,1-2H3. The van der Waals surface area contributed by atoms with Gasteiger partial charge in [-0.1, -0.05) is 44.2 Å². The van der Waals surface area contributed by atoms with E-state index in [2.05, 4.69) is 13.8 Å². The SMILES string of the molecule is CC(C)CC(C1CCN(C(=O)OCc2ccccc2)CC1)N(C=O)c1ccc(F)cc1. The zero-order chi connectivity index (χ0) is 22.2. The third-order valence-corrected chi connectivity index (χ3v) is 5.86. The number of hydrogen-bond acceptors (Lipinski definition) is 3. The highest BCUT2D eigenvalue weighted by Crippen LogP contribution is 2.31. The van der Waals surface area contributed by atoms with Gasteiger partial charge in [0.1, 0.15) is 12.4 Å². The molecule has 0 N–H and O–H groups in total. The molecule has 0 aliphatic carbocycles. The van der Waals surface area contributed by atoms with Gasteiger partial charge in [0.05, 0.1) is 0 Å². The van der Waals surface area contributed by atoms with Crippen molar-refractivity contribution >= 4 is 18.2 Å². The number of carbonyl (C=O) groups is 2. The molecule has 166 valence electrons. The first-order valence-corrected chi connectivity index (χ1v) is 10.9. The monoisotopic (exact) mass is 426 g/mol. The van der Waals surface area contributed by atoms with Crippen LogP contribution < -0.4 is 4.90 Å². The lowest BCUT2D eigenvalue weighted by molar-refractivity contribution is -0.108. The van der Waals surface area contributed by atoms with Crippen LogP contribution in [0.2, 0.25) is 0 Å². The lowest BCUT2D eigenvalue weighted by atomic mass is 9.84. The van der Waals surface area contributed by atoms with E-state index in [1.54, 1.807) is 21.9 Å². The predicted molar refractivity (Wildman–Crippen MR) is 119 cm³/mol. The maximum atomic E-state index is 13.4. The molecule has 5 nitrogen and oxygen atoms in total. The van der Waals surface area contributed by atoms with Crippen LogP contribution in [0.1, 0.15) is 38.7 Å². The zero-order valence-electron chi connectivity index (χ0n) is 18.2. The largest absolute Gasteiger partial charge is 0.445 e. The van der Waals surface area contributed by atoms with Crippen LogP contribution in [-0.2, 0) is 16.1 Å². The van der Waals surface area contributed by atoms with E-state index >= 15 is 0 Å². The molecule has 2 aromatic rings. The Morgan fingerprint density at radius 2 is 1.77 bits per heavy atom. The lowest BCUT2D eigenvalue weighted by Gasteiger charge is -2.40. The number of likely N-dealkylation sites (tertiary alicyclic amines) is 1. The summed E-state index contributed by atoms with van der Waals surface area (Å²) in [7, 11) is 0. The molecule has 31 heavy (non-hydrogen) atoms. The summed E-state index contributed by atoms with van der Waals surface area (Å²) in [4.78, 5) is 27.9. The van der Waals surface area contributed by atoms with Gasteiger partial charge in [-0.2, -0.15) is 0 Å². The summed E-state index contributed by atoms with van der Waals surface area (Å²) in [5, 5.41) is 0. The van der Waals surface area contributed by atoms with Crippen molar-refractivity contribution in [1.82, 2.24) is 4.90 Å². The smallest absolute Gasteiger partial charge is 0.410 e. The number of benzene rings is 2. The Balaban J connectivity index is 1.61. The summed E-state index contributed by atoms with van der Waals surface area (Å²) in [5.74, 6) is 0.343. The maximum Gasteiger partial charge on any atom is 0.410 e. The Hall–Kier alpha value is -2.89. The average Bonchev–Trinajstić information content (AvgIpc) is 2.79. The van der Waals surface area contributed by atoms with Crippen LogP contribution in [0.15, 0.2) is 54.6 Å². The van der Waals surface area contributed by atoms with Crippen molar-refractivity contribution in [2.24, 2.45) is 11.8 Å². The van der Waals surface area contributed by atoms with Crippen molar-refractivity contribution in [3.63, 3.8) is 0 Å². The van der Waals surface area contributed by atoms with Gasteiger partial charge in [-0.15, -0.1) is 0 Å². The topological polar surface area (TPSA) is 49.9 Å². The lowest BCUT2D eigenvalue weighted by Crippen LogP contribution is -2.47. The molecule has 1 aliphatic heterocycles. The van der Waals surface area contributed by atoms with E-state index in [0.717, 1.165) is 31.2 Å². The summed E-state index contributed by atoms with van der Waals surface area (Å²) < 4.78 is 18.8. The van der Waals surface area contributed by atoms with Gasteiger partial charge in [-0.25, -0.2) is 9.18 Å². The van der Waals surface area contributed by atoms with Crippen molar-refractivity contribution in [2.75, 3.05) is 18.0 Å². The van der Waals surface area contributed by atoms with Crippen molar-refractivity contribution in [3.05, 3.63) is 66.0 Å². The van der Waals surface area contributed by atoms with E-state index in [4.69, 9.17) is 4.74 Å². The van der Waals surface area contributed by atoms with Gasteiger partial charge in [0.15, 0.2) is 0 Å². The molecule has 2 aromatic carbocycles. The van der Waals surface area contributed by atoms with E-state index < -0.39 is 0 Å². The molecule has 0 saturated carbocycles. The molecule has 0 aromatic heterocycles. The number of nitrogens with zero attached hydrogens (tertiary/aromatic N) is 2. The normalized spacial score (nSPS) is 15.5. The molecule has 1 heterocycles. The predicted octanol–water partition coefficient (Wildman–Crippen LogP) is 5.25. The number of amides is 2. The minimum atomic E-state index is -0.322. The van der Waals surface area contributed by atoms with E-state index in [0.29, 0.717) is 24.7 Å². The average molecular weight is 427 g/mol. The first-order valence-electron chi connectivity index (χ1n) is 10.9. The number of hydrogen-bond donors (Lipinski definition) is 0. The summed E-state index contributed by atoms with van der Waals surface area (Å²) in [6.45, 7) is 5.73. The summed E-state index contributed by atoms with van der Waals surface area (Å²) >= 11 is 0. The third kappa shape index (κ3) is 6.29. The van der Waals surface area contributed by atoms with E-state index in [1.807, 2.05) is 30.3 Å². The van der Waals surface area contributed by atoms with Crippen molar-refractivity contribution in [3.8, 4) is 0 Å². The van der Waals surface area contributed by atoms with Crippen LogP contribution in [-0.4, -0.2) is 36.5 Å². The Morgan fingerprint density at radius 3 is 2.35 bits per heavy atom. The van der Waals surface area contributed by atoms with E-state index in [-0.39, 0.29) is 30.5 Å². The minimum absolute atomic E-state index is 0.00505. The number of piperidine rings is 1. The molecule has 1 aliphatic rings. The number of carbonyl (C=O) groups excluding carboxylic acids is 2. The summed E-state index contributed by atoms with van der Waals surface area (Å²) in [6.07, 6.45) is 2.99. The molecule has 0 spiro atoms. The van der Waals surface area contributed by atoms with Crippen LogP contribution in [0.25, 0.3) is 0 Å². The first kappa shape index (κ1) is 22.8. The molecule has 2 amide bonds. The number of halogens is 1. The summed E-state index contributed by atoms with van der Waals surface area (Å²) in [5.41, 5.74) is 1.66. The van der Waals surface area contributed by atoms with Crippen LogP contribution in [0.4, 0.5) is 14.9 Å². The van der Waals surface area contributed by atoms with Crippen LogP contribution in [0, 0.1) is 17.7 Å². The fourth-order valence-electron chi connectivity index (χ4n) is 4.24. The van der Waals surface area contributed by atoms with Crippen molar-refractivity contribution in [1.29, 1.82) is 0 Å². The highest BCUT2D eigenvalue weighted by atomic mass is 19.1. The van der Waals surface area contributed by atoms with Gasteiger partial charge >= 0.3 is 6.09 Å². The van der Waals surface area contributed by atoms with E-state index in [1.165, 1.54) is 12.1 Å². The fraction of sp³-hybridized carbons (Fsp3) is 0.440. The Bertz CT molecular complexity index is 834. The highest BCUT2D eigenvalue weighted by Gasteiger charge is 2.33. The number of ether oxygens (including phenoxy) is 1. The maximum absolute atomic E-state index is 13.4. The Kier molecular flexibility index (Phi) is 8.04. The Morgan fingerprint density at radius 1 is 1.13 bits per heavy atom. The van der Waals surface area contributed by atoms with E-state index in [9.17, 15) is 14.0 Å². The second-order valence-corrected chi connectivity index (χ2v) is 8.55. The molecule has 1 fully saturated rings. The van der Waals surface area contributed by atoms with Crippen LogP contribution in [0.3, 0.4) is 0 Å². The zero-order valence-corrected chi connectivity index (χ0v) is 18.2. The van der Waals surface area contributed by atoms with Crippen LogP contribution in [0.5, 0.6) is 0 Å². The van der Waals surface area contributed by atoms with Gasteiger partial charge in [0.2, 0.25) is 6.41 Å². The van der Waals surface area contributed by atoms with Gasteiger partial charge in [-0.05, 0) is 60.9 Å². The van der Waals surface area contributed by atoms with Crippen molar-refractivity contribution < 1.29 is 18.7 Å². The highest BCUT2D eigenvalue weighted by molar-refractivity contribution is 5.76. The first-order chi connectivity index (χ1) is 15.0. The molecule has 0 radical (unpaired) electrons. The third-order valence-electron chi connectivity index (χ3n) is 5.86.